The fraction of sp³-hybridized carbons (Fsp3) is 0.318. The molecule has 0 spiro atoms. The van der Waals surface area contributed by atoms with Gasteiger partial charge in [0.15, 0.2) is 0 Å². The van der Waals surface area contributed by atoms with Gasteiger partial charge in [-0.25, -0.2) is 4.98 Å². The van der Waals surface area contributed by atoms with Crippen LogP contribution in [0.2, 0.25) is 0 Å². The van der Waals surface area contributed by atoms with Crippen molar-refractivity contribution in [2.75, 3.05) is 7.11 Å². The lowest BCUT2D eigenvalue weighted by atomic mass is 9.79. The molecule has 0 radical (unpaired) electrons. The molecule has 0 aliphatic heterocycles. The van der Waals surface area contributed by atoms with Crippen molar-refractivity contribution in [1.29, 1.82) is 5.26 Å². The number of hydrogen-bond acceptors (Lipinski definition) is 5. The van der Waals surface area contributed by atoms with Gasteiger partial charge in [0.25, 0.3) is 0 Å². The Bertz CT molecular complexity index is 1010. The molecule has 1 unspecified atom stereocenters. The Hall–Kier alpha value is -2.97. The fourth-order valence-electron chi connectivity index (χ4n) is 3.28. The molecule has 0 saturated heterocycles. The quantitative estimate of drug-likeness (QED) is 0.725. The molecule has 0 bridgehead atoms. The van der Waals surface area contributed by atoms with Crippen molar-refractivity contribution in [1.82, 2.24) is 9.97 Å². The Kier molecular flexibility index (Phi) is 5.38. The van der Waals surface area contributed by atoms with E-state index >= 15 is 0 Å². The molecular weight excluding hydrogens is 336 g/mol. The summed E-state index contributed by atoms with van der Waals surface area (Å²) in [6.07, 6.45) is 1.36. The largest absolute Gasteiger partial charge is 0.481 e. The van der Waals surface area contributed by atoms with Gasteiger partial charge in [0, 0.05) is 29.6 Å². The molecule has 5 heteroatoms. The number of rotatable bonds is 6. The highest BCUT2D eigenvalue weighted by Gasteiger charge is 2.28. The second kappa shape index (κ2) is 7.73. The molecule has 3 aromatic rings. The smallest absolute Gasteiger partial charge is 0.216 e. The van der Waals surface area contributed by atoms with Crippen LogP contribution >= 0.6 is 0 Å². The third-order valence-electron chi connectivity index (χ3n) is 4.92. The summed E-state index contributed by atoms with van der Waals surface area (Å²) in [6, 6.07) is 16.3. The number of benzene rings is 1. The fourth-order valence-corrected chi connectivity index (χ4v) is 3.28. The van der Waals surface area contributed by atoms with Gasteiger partial charge >= 0.3 is 0 Å². The molecule has 1 aromatic carbocycles. The maximum absolute atomic E-state index is 9.93. The summed E-state index contributed by atoms with van der Waals surface area (Å²) < 4.78 is 5.42. The van der Waals surface area contributed by atoms with Crippen LogP contribution in [-0.2, 0) is 24.8 Å². The van der Waals surface area contributed by atoms with Crippen LogP contribution in [0, 0.1) is 11.3 Å². The van der Waals surface area contributed by atoms with Gasteiger partial charge in [-0.1, -0.05) is 25.1 Å². The van der Waals surface area contributed by atoms with Crippen LogP contribution in [0.3, 0.4) is 0 Å². The second-order valence-corrected chi connectivity index (χ2v) is 6.86. The molecule has 27 heavy (non-hydrogen) atoms. The van der Waals surface area contributed by atoms with Crippen molar-refractivity contribution in [3.8, 4) is 11.9 Å². The van der Waals surface area contributed by atoms with E-state index in [0.29, 0.717) is 18.8 Å². The molecule has 0 aliphatic rings. The van der Waals surface area contributed by atoms with Crippen LogP contribution in [0.5, 0.6) is 5.88 Å². The first-order valence-electron chi connectivity index (χ1n) is 9.07. The molecule has 138 valence electrons. The van der Waals surface area contributed by atoms with Crippen LogP contribution in [-0.4, -0.2) is 17.1 Å². The minimum Gasteiger partial charge on any atom is -0.481 e. The van der Waals surface area contributed by atoms with Crippen LogP contribution in [0.4, 0.5) is 0 Å². The van der Waals surface area contributed by atoms with Crippen LogP contribution in [0.15, 0.2) is 42.5 Å². The van der Waals surface area contributed by atoms with Crippen LogP contribution < -0.4 is 10.5 Å². The van der Waals surface area contributed by atoms with E-state index in [2.05, 4.69) is 29.0 Å². The molecule has 2 heterocycles. The summed E-state index contributed by atoms with van der Waals surface area (Å²) in [5.41, 5.74) is 9.47. The monoisotopic (exact) mass is 360 g/mol. The van der Waals surface area contributed by atoms with Gasteiger partial charge in [-0.05, 0) is 43.2 Å². The van der Waals surface area contributed by atoms with Gasteiger partial charge in [0.1, 0.15) is 0 Å². The minimum absolute atomic E-state index is 0.385. The van der Waals surface area contributed by atoms with E-state index in [1.165, 1.54) is 0 Å². The minimum atomic E-state index is -0.716. The molecular formula is C22H24N4O. The van der Waals surface area contributed by atoms with E-state index in [1.807, 2.05) is 43.3 Å². The Morgan fingerprint density at radius 2 is 1.93 bits per heavy atom. The lowest BCUT2D eigenvalue weighted by Crippen LogP contribution is -2.23. The predicted octanol–water partition coefficient (Wildman–Crippen LogP) is 3.68. The lowest BCUT2D eigenvalue weighted by Gasteiger charge is -2.22. The average molecular weight is 360 g/mol. The molecule has 0 amide bonds. The van der Waals surface area contributed by atoms with Crippen molar-refractivity contribution in [3.63, 3.8) is 0 Å². The maximum atomic E-state index is 9.93. The number of nitrogens with zero attached hydrogens (tertiary/aromatic N) is 3. The highest BCUT2D eigenvalue weighted by molar-refractivity contribution is 5.81. The maximum Gasteiger partial charge on any atom is 0.216 e. The Labute approximate surface area is 159 Å². The van der Waals surface area contributed by atoms with Gasteiger partial charge in [-0.3, -0.25) is 4.98 Å². The van der Waals surface area contributed by atoms with Crippen molar-refractivity contribution < 1.29 is 4.74 Å². The van der Waals surface area contributed by atoms with E-state index in [9.17, 15) is 5.26 Å². The Balaban J connectivity index is 2.03. The normalized spacial score (nSPS) is 13.1. The molecule has 0 aliphatic carbocycles. The standard InChI is InChI=1S/C22H24N4O/c1-4-15-10-16-8-9-17(11-20(16)26-21(15)27-3)22(2,14-24)12-18-6-5-7-19(13-23)25-18/h5-11H,4,12-13,23H2,1-3H3. The van der Waals surface area contributed by atoms with Crippen molar-refractivity contribution in [2.45, 2.75) is 38.6 Å². The third-order valence-corrected chi connectivity index (χ3v) is 4.92. The van der Waals surface area contributed by atoms with Gasteiger partial charge in [-0.2, -0.15) is 5.26 Å². The predicted molar refractivity (Wildman–Crippen MR) is 106 cm³/mol. The number of pyridine rings is 2. The van der Waals surface area contributed by atoms with E-state index in [1.54, 1.807) is 7.11 Å². The summed E-state index contributed by atoms with van der Waals surface area (Å²) in [5, 5.41) is 11.0. The topological polar surface area (TPSA) is 84.8 Å². The highest BCUT2D eigenvalue weighted by atomic mass is 16.5. The number of nitrogens with two attached hydrogens (primary N) is 1. The number of hydrogen-bond donors (Lipinski definition) is 1. The number of nitriles is 1. The number of fused-ring (bicyclic) bond motifs is 1. The van der Waals surface area contributed by atoms with Gasteiger partial charge in [-0.15, -0.1) is 0 Å². The van der Waals surface area contributed by atoms with Crippen molar-refractivity contribution in [2.24, 2.45) is 5.73 Å². The summed E-state index contributed by atoms with van der Waals surface area (Å²) in [4.78, 5) is 9.19. The molecule has 0 fully saturated rings. The summed E-state index contributed by atoms with van der Waals surface area (Å²) in [6.45, 7) is 4.40. The Morgan fingerprint density at radius 3 is 2.59 bits per heavy atom. The molecule has 3 rings (SSSR count). The molecule has 1 atom stereocenters. The Morgan fingerprint density at radius 1 is 1.15 bits per heavy atom. The average Bonchev–Trinajstić information content (AvgIpc) is 2.72. The van der Waals surface area contributed by atoms with E-state index in [0.717, 1.165) is 39.8 Å². The molecule has 2 N–H and O–H groups in total. The highest BCUT2D eigenvalue weighted by Crippen LogP contribution is 2.31. The summed E-state index contributed by atoms with van der Waals surface area (Å²) in [5.74, 6) is 0.637. The number of methoxy groups -OCH3 is 1. The third kappa shape index (κ3) is 3.76. The number of ether oxygens (including phenoxy) is 1. The number of aromatic nitrogens is 2. The zero-order valence-electron chi connectivity index (χ0n) is 16.0. The zero-order valence-corrected chi connectivity index (χ0v) is 16.0. The van der Waals surface area contributed by atoms with Crippen LogP contribution in [0.1, 0.15) is 36.4 Å². The molecule has 0 saturated carbocycles. The van der Waals surface area contributed by atoms with Crippen molar-refractivity contribution in [3.05, 3.63) is 65.0 Å². The molecule has 5 nitrogen and oxygen atoms in total. The van der Waals surface area contributed by atoms with Gasteiger partial charge in [0.05, 0.1) is 29.8 Å². The lowest BCUT2D eigenvalue weighted by molar-refractivity contribution is 0.395. The SMILES string of the molecule is CCc1cc2ccc(C(C)(C#N)Cc3cccc(CN)n3)cc2nc1OC. The first-order chi connectivity index (χ1) is 13.0. The van der Waals surface area contributed by atoms with Gasteiger partial charge < -0.3 is 10.5 Å². The summed E-state index contributed by atoms with van der Waals surface area (Å²) >= 11 is 0. The van der Waals surface area contributed by atoms with Crippen molar-refractivity contribution >= 4 is 10.9 Å². The summed E-state index contributed by atoms with van der Waals surface area (Å²) in [7, 11) is 1.63. The molecule has 2 aromatic heterocycles. The first-order valence-corrected chi connectivity index (χ1v) is 9.07. The van der Waals surface area contributed by atoms with E-state index in [4.69, 9.17) is 10.5 Å². The van der Waals surface area contributed by atoms with Gasteiger partial charge in [0.2, 0.25) is 5.88 Å². The number of aryl methyl sites for hydroxylation is 1. The van der Waals surface area contributed by atoms with E-state index in [-0.39, 0.29) is 0 Å². The van der Waals surface area contributed by atoms with Crippen LogP contribution in [0.25, 0.3) is 10.9 Å². The van der Waals surface area contributed by atoms with E-state index < -0.39 is 5.41 Å². The second-order valence-electron chi connectivity index (χ2n) is 6.86. The zero-order chi connectivity index (χ0) is 19.4. The first kappa shape index (κ1) is 18.8.